The van der Waals surface area contributed by atoms with Crippen LogP contribution in [0.3, 0.4) is 0 Å². The molecule has 0 amide bonds. The second-order valence-electron chi connectivity index (χ2n) is 8.09. The van der Waals surface area contributed by atoms with Crippen LogP contribution in [0.15, 0.2) is 83.9 Å². The van der Waals surface area contributed by atoms with Crippen LogP contribution in [-0.4, -0.2) is 11.8 Å². The highest BCUT2D eigenvalue weighted by Gasteiger charge is 2.28. The van der Waals surface area contributed by atoms with Crippen LogP contribution in [0.4, 0.5) is 0 Å². The lowest BCUT2D eigenvalue weighted by molar-refractivity contribution is 0.586. The first-order chi connectivity index (χ1) is 13.0. The van der Waals surface area contributed by atoms with E-state index >= 15 is 0 Å². The monoisotopic (exact) mass is 351 g/mol. The summed E-state index contributed by atoms with van der Waals surface area (Å²) in [6, 6.07) is 28.1. The van der Waals surface area contributed by atoms with Gasteiger partial charge in [0.1, 0.15) is 0 Å². The summed E-state index contributed by atoms with van der Waals surface area (Å²) in [5, 5.41) is 0. The Balaban J connectivity index is 1.87. The van der Waals surface area contributed by atoms with Crippen LogP contribution in [0, 0.1) is 0 Å². The first-order valence-corrected chi connectivity index (χ1v) is 9.53. The van der Waals surface area contributed by atoms with Gasteiger partial charge in [-0.2, -0.15) is 0 Å². The van der Waals surface area contributed by atoms with Crippen molar-refractivity contribution in [3.05, 3.63) is 107 Å². The van der Waals surface area contributed by atoms with Crippen molar-refractivity contribution in [2.75, 3.05) is 0 Å². The SMILES string of the molecule is CC(C)(C)N=Cc1ccccc1C1C(c2ccccc2)=Cc2ccccc21. The topological polar surface area (TPSA) is 12.4 Å². The highest BCUT2D eigenvalue weighted by Crippen LogP contribution is 2.46. The zero-order valence-electron chi connectivity index (χ0n) is 16.2. The maximum atomic E-state index is 4.77. The molecule has 1 atom stereocenters. The minimum Gasteiger partial charge on any atom is -0.287 e. The van der Waals surface area contributed by atoms with Crippen molar-refractivity contribution in [3.63, 3.8) is 0 Å². The summed E-state index contributed by atoms with van der Waals surface area (Å²) in [4.78, 5) is 4.77. The molecule has 0 spiro atoms. The lowest BCUT2D eigenvalue weighted by Crippen LogP contribution is -2.11. The van der Waals surface area contributed by atoms with Crippen molar-refractivity contribution in [1.82, 2.24) is 0 Å². The molecule has 27 heavy (non-hydrogen) atoms. The number of aliphatic imine (C=N–C) groups is 1. The largest absolute Gasteiger partial charge is 0.287 e. The number of benzene rings is 3. The van der Waals surface area contributed by atoms with E-state index in [1.165, 1.54) is 33.4 Å². The Morgan fingerprint density at radius 3 is 2.11 bits per heavy atom. The molecule has 0 radical (unpaired) electrons. The molecule has 134 valence electrons. The van der Waals surface area contributed by atoms with Gasteiger partial charge < -0.3 is 0 Å². The molecular formula is C26H25N. The van der Waals surface area contributed by atoms with Crippen LogP contribution in [-0.2, 0) is 0 Å². The number of hydrogen-bond donors (Lipinski definition) is 0. The Bertz CT molecular complexity index is 1000. The van der Waals surface area contributed by atoms with Crippen LogP contribution in [0.5, 0.6) is 0 Å². The van der Waals surface area contributed by atoms with Gasteiger partial charge in [-0.25, -0.2) is 0 Å². The van der Waals surface area contributed by atoms with Crippen LogP contribution in [0.1, 0.15) is 54.5 Å². The van der Waals surface area contributed by atoms with E-state index in [9.17, 15) is 0 Å². The van der Waals surface area contributed by atoms with E-state index in [-0.39, 0.29) is 11.5 Å². The van der Waals surface area contributed by atoms with Gasteiger partial charge in [0.05, 0.1) is 5.54 Å². The zero-order chi connectivity index (χ0) is 18.9. The molecule has 4 rings (SSSR count). The van der Waals surface area contributed by atoms with Crippen molar-refractivity contribution in [2.45, 2.75) is 32.2 Å². The molecule has 0 heterocycles. The molecular weight excluding hydrogens is 326 g/mol. The third-order valence-electron chi connectivity index (χ3n) is 4.93. The Kier molecular flexibility index (Phi) is 4.53. The average Bonchev–Trinajstić information content (AvgIpc) is 3.06. The van der Waals surface area contributed by atoms with Crippen molar-refractivity contribution in [2.24, 2.45) is 4.99 Å². The number of nitrogens with zero attached hydrogens (tertiary/aromatic N) is 1. The molecule has 3 aromatic carbocycles. The van der Waals surface area contributed by atoms with Gasteiger partial charge in [-0.3, -0.25) is 4.99 Å². The highest BCUT2D eigenvalue weighted by atomic mass is 14.8. The first kappa shape index (κ1) is 17.5. The number of allylic oxidation sites excluding steroid dienone is 1. The molecule has 1 heteroatoms. The van der Waals surface area contributed by atoms with Crippen LogP contribution in [0.25, 0.3) is 11.6 Å². The maximum Gasteiger partial charge on any atom is 0.0524 e. The van der Waals surface area contributed by atoms with E-state index in [2.05, 4.69) is 106 Å². The zero-order valence-corrected chi connectivity index (χ0v) is 16.2. The van der Waals surface area contributed by atoms with Gasteiger partial charge in [-0.1, -0.05) is 78.9 Å². The molecule has 1 nitrogen and oxygen atoms in total. The van der Waals surface area contributed by atoms with Gasteiger partial charge >= 0.3 is 0 Å². The van der Waals surface area contributed by atoms with E-state index in [1.807, 2.05) is 6.21 Å². The molecule has 3 aromatic rings. The van der Waals surface area contributed by atoms with Gasteiger partial charge in [0.2, 0.25) is 0 Å². The standard InChI is InChI=1S/C26H25N/c1-26(2,3)27-18-21-14-8-10-16-23(21)25-22-15-9-7-13-20(22)17-24(25)19-11-5-4-6-12-19/h4-18,25H,1-3H3. The highest BCUT2D eigenvalue weighted by molar-refractivity contribution is 5.95. The third-order valence-corrected chi connectivity index (χ3v) is 4.93. The quantitative estimate of drug-likeness (QED) is 0.472. The summed E-state index contributed by atoms with van der Waals surface area (Å²) in [5.74, 6) is 0.228. The van der Waals surface area contributed by atoms with Crippen molar-refractivity contribution in [3.8, 4) is 0 Å². The fourth-order valence-corrected chi connectivity index (χ4v) is 3.69. The summed E-state index contributed by atoms with van der Waals surface area (Å²) in [7, 11) is 0. The molecule has 0 N–H and O–H groups in total. The Morgan fingerprint density at radius 1 is 0.741 bits per heavy atom. The molecule has 0 saturated heterocycles. The van der Waals surface area contributed by atoms with Crippen LogP contribution < -0.4 is 0 Å². The molecule has 1 aliphatic rings. The Hall–Kier alpha value is -2.93. The minimum atomic E-state index is -0.0845. The van der Waals surface area contributed by atoms with E-state index in [1.54, 1.807) is 0 Å². The van der Waals surface area contributed by atoms with Gasteiger partial charge in [-0.05, 0) is 60.2 Å². The predicted molar refractivity (Wildman–Crippen MR) is 116 cm³/mol. The average molecular weight is 351 g/mol. The van der Waals surface area contributed by atoms with Gasteiger partial charge in [-0.15, -0.1) is 0 Å². The molecule has 0 fully saturated rings. The normalized spacial score (nSPS) is 16.4. The van der Waals surface area contributed by atoms with Crippen molar-refractivity contribution < 1.29 is 0 Å². The summed E-state index contributed by atoms with van der Waals surface area (Å²) in [6.45, 7) is 6.39. The molecule has 0 aliphatic heterocycles. The van der Waals surface area contributed by atoms with E-state index in [0.29, 0.717) is 0 Å². The van der Waals surface area contributed by atoms with E-state index in [0.717, 1.165) is 0 Å². The van der Waals surface area contributed by atoms with Crippen LogP contribution in [0.2, 0.25) is 0 Å². The smallest absolute Gasteiger partial charge is 0.0524 e. The molecule has 1 unspecified atom stereocenters. The van der Waals surface area contributed by atoms with Gasteiger partial charge in [0, 0.05) is 12.1 Å². The fourth-order valence-electron chi connectivity index (χ4n) is 3.69. The Morgan fingerprint density at radius 2 is 1.37 bits per heavy atom. The summed E-state index contributed by atoms with van der Waals surface area (Å²) in [5.41, 5.74) is 7.73. The molecule has 0 saturated carbocycles. The first-order valence-electron chi connectivity index (χ1n) is 9.53. The van der Waals surface area contributed by atoms with Gasteiger partial charge in [0.15, 0.2) is 0 Å². The van der Waals surface area contributed by atoms with E-state index in [4.69, 9.17) is 4.99 Å². The fraction of sp³-hybridized carbons (Fsp3) is 0.192. The minimum absolute atomic E-state index is 0.0845. The molecule has 0 bridgehead atoms. The second-order valence-corrected chi connectivity index (χ2v) is 8.09. The lowest BCUT2D eigenvalue weighted by atomic mass is 9.83. The van der Waals surface area contributed by atoms with Crippen LogP contribution >= 0.6 is 0 Å². The number of fused-ring (bicyclic) bond motifs is 1. The summed E-state index contributed by atoms with van der Waals surface area (Å²) >= 11 is 0. The lowest BCUT2D eigenvalue weighted by Gasteiger charge is -2.20. The maximum absolute atomic E-state index is 4.77. The van der Waals surface area contributed by atoms with Gasteiger partial charge in [0.25, 0.3) is 0 Å². The molecule has 1 aliphatic carbocycles. The number of hydrogen-bond acceptors (Lipinski definition) is 1. The predicted octanol–water partition coefficient (Wildman–Crippen LogP) is 6.59. The third kappa shape index (κ3) is 3.64. The van der Waals surface area contributed by atoms with Crippen molar-refractivity contribution in [1.29, 1.82) is 0 Å². The molecule has 0 aromatic heterocycles. The second kappa shape index (κ2) is 7.00. The number of rotatable bonds is 3. The summed E-state index contributed by atoms with van der Waals surface area (Å²) in [6.07, 6.45) is 4.38. The summed E-state index contributed by atoms with van der Waals surface area (Å²) < 4.78 is 0. The van der Waals surface area contributed by atoms with E-state index < -0.39 is 0 Å². The Labute approximate surface area is 162 Å². The van der Waals surface area contributed by atoms with Crippen molar-refractivity contribution >= 4 is 17.9 Å².